The molecule has 0 aromatic heterocycles. The minimum Gasteiger partial charge on any atom is -0.463 e. The highest BCUT2D eigenvalue weighted by Gasteiger charge is 2.27. The summed E-state index contributed by atoms with van der Waals surface area (Å²) in [4.78, 5) is 0. The normalized spacial score (nSPS) is 17.4. The lowest BCUT2D eigenvalue weighted by Crippen LogP contribution is -2.35. The molecule has 0 saturated heterocycles. The van der Waals surface area contributed by atoms with Gasteiger partial charge in [-0.25, -0.2) is 13.6 Å². The lowest BCUT2D eigenvalue weighted by molar-refractivity contribution is -0.180. The van der Waals surface area contributed by atoms with Gasteiger partial charge in [-0.15, -0.1) is 0 Å². The number of aliphatic hydroxyl groups is 1. The highest BCUT2D eigenvalue weighted by Crippen LogP contribution is 2.34. The van der Waals surface area contributed by atoms with E-state index in [0.717, 1.165) is 78.4 Å². The van der Waals surface area contributed by atoms with Gasteiger partial charge in [0.25, 0.3) is 0 Å². The largest absolute Gasteiger partial charge is 0.463 e. The van der Waals surface area contributed by atoms with Crippen LogP contribution in [0.3, 0.4) is 0 Å². The smallest absolute Gasteiger partial charge is 0.231 e. The predicted octanol–water partition coefficient (Wildman–Crippen LogP) is 5.81. The fraction of sp³-hybridized carbons (Fsp3) is 0.533. The monoisotopic (exact) mass is 560 g/mol. The van der Waals surface area contributed by atoms with Gasteiger partial charge in [0.1, 0.15) is 12.0 Å². The average molecular weight is 561 g/mol. The number of hydrogen-bond acceptors (Lipinski definition) is 7. The first-order valence-electron chi connectivity index (χ1n) is 13.8. The first-order chi connectivity index (χ1) is 18.5. The van der Waals surface area contributed by atoms with Gasteiger partial charge in [-0.2, -0.15) is 0 Å². The first-order valence-corrected chi connectivity index (χ1v) is 15.4. The Hall–Kier alpha value is -2.27. The Morgan fingerprint density at radius 3 is 2.51 bits per heavy atom. The van der Waals surface area contributed by atoms with Crippen molar-refractivity contribution < 1.29 is 27.7 Å². The quantitative estimate of drug-likeness (QED) is 0.185. The van der Waals surface area contributed by atoms with E-state index < -0.39 is 21.9 Å². The molecule has 0 saturated carbocycles. The summed E-state index contributed by atoms with van der Waals surface area (Å²) in [6.45, 7) is 6.35. The zero-order valence-electron chi connectivity index (χ0n) is 23.3. The molecule has 3 rings (SSSR count). The molecule has 1 aliphatic rings. The van der Waals surface area contributed by atoms with E-state index in [1.165, 1.54) is 6.08 Å². The van der Waals surface area contributed by atoms with Gasteiger partial charge in [0.2, 0.25) is 15.8 Å². The van der Waals surface area contributed by atoms with E-state index in [1.54, 1.807) is 0 Å². The van der Waals surface area contributed by atoms with Crippen molar-refractivity contribution in [3.8, 4) is 5.75 Å². The van der Waals surface area contributed by atoms with Crippen molar-refractivity contribution in [1.29, 1.82) is 0 Å². The Labute approximate surface area is 233 Å². The minimum atomic E-state index is -3.68. The van der Waals surface area contributed by atoms with E-state index in [4.69, 9.17) is 25.1 Å². The van der Waals surface area contributed by atoms with E-state index in [0.29, 0.717) is 13.0 Å². The number of aliphatic hydroxyl groups excluding tert-OH is 1. The summed E-state index contributed by atoms with van der Waals surface area (Å²) < 4.78 is 40.2. The molecule has 0 radical (unpaired) electrons. The Bertz CT molecular complexity index is 1200. The fourth-order valence-corrected chi connectivity index (χ4v) is 5.01. The van der Waals surface area contributed by atoms with Gasteiger partial charge in [0.05, 0.1) is 18.8 Å². The first kappa shape index (κ1) is 31.3. The molecule has 5 N–H and O–H groups in total. The van der Waals surface area contributed by atoms with Gasteiger partial charge in [-0.05, 0) is 66.6 Å². The Kier molecular flexibility index (Phi) is 11.5. The summed E-state index contributed by atoms with van der Waals surface area (Å²) in [6.07, 6.45) is 7.48. The van der Waals surface area contributed by atoms with Crippen LogP contribution in [-0.4, -0.2) is 25.5 Å². The van der Waals surface area contributed by atoms with Crippen molar-refractivity contribution in [2.75, 3.05) is 0 Å². The summed E-state index contributed by atoms with van der Waals surface area (Å²) >= 11 is 0. The number of hydrogen-bond donors (Lipinski definition) is 3. The number of fused-ring (bicyclic) bond motifs is 1. The van der Waals surface area contributed by atoms with Crippen molar-refractivity contribution in [3.63, 3.8) is 0 Å². The molecule has 0 amide bonds. The molecular weight excluding hydrogens is 516 g/mol. The maximum Gasteiger partial charge on any atom is 0.231 e. The number of nitrogens with two attached hydrogens (primary N) is 2. The van der Waals surface area contributed by atoms with Gasteiger partial charge in [0.15, 0.2) is 0 Å². The Morgan fingerprint density at radius 1 is 1.05 bits per heavy atom. The van der Waals surface area contributed by atoms with Crippen LogP contribution in [0.1, 0.15) is 107 Å². The van der Waals surface area contributed by atoms with Crippen molar-refractivity contribution in [2.45, 2.75) is 103 Å². The van der Waals surface area contributed by atoms with Crippen LogP contribution in [0.2, 0.25) is 0 Å². The Morgan fingerprint density at radius 2 is 1.79 bits per heavy atom. The van der Waals surface area contributed by atoms with Crippen LogP contribution < -0.4 is 15.6 Å². The van der Waals surface area contributed by atoms with E-state index in [9.17, 15) is 13.5 Å². The van der Waals surface area contributed by atoms with E-state index in [1.807, 2.05) is 56.3 Å². The van der Waals surface area contributed by atoms with Crippen LogP contribution in [0.15, 0.2) is 47.9 Å². The molecule has 1 heterocycles. The van der Waals surface area contributed by atoms with Gasteiger partial charge >= 0.3 is 0 Å². The molecule has 3 atom stereocenters. The summed E-state index contributed by atoms with van der Waals surface area (Å²) in [5.74, 6) is 0.186. The molecule has 1 aliphatic heterocycles. The topological polar surface area (TPSA) is 134 Å². The van der Waals surface area contributed by atoms with Crippen LogP contribution in [-0.2, 0) is 26.1 Å². The summed E-state index contributed by atoms with van der Waals surface area (Å²) in [5.41, 5.74) is 9.87. The number of benzene rings is 2. The molecule has 0 bridgehead atoms. The molecule has 2 aromatic carbocycles. The molecule has 39 heavy (non-hydrogen) atoms. The third-order valence-electron chi connectivity index (χ3n) is 6.74. The molecule has 216 valence electrons. The van der Waals surface area contributed by atoms with E-state index in [2.05, 4.69) is 6.92 Å². The van der Waals surface area contributed by atoms with Crippen LogP contribution >= 0.6 is 0 Å². The summed E-state index contributed by atoms with van der Waals surface area (Å²) in [5, 5.41) is 16.7. The minimum absolute atomic E-state index is 0.165. The summed E-state index contributed by atoms with van der Waals surface area (Å²) in [7, 11) is -3.68. The maximum atomic E-state index is 11.2. The van der Waals surface area contributed by atoms with Gasteiger partial charge in [-0.3, -0.25) is 0 Å². The average Bonchev–Trinajstić information content (AvgIpc) is 2.88. The standard InChI is InChI=1S/C30H44N2O6S/c1-4-10-27(24-12-9-11-22(19-24)17-18-39(32,34)35)37-29(31)14-8-6-5-7-13-26(33)23-15-16-28-25(20-23)21-36-30(2,3)38-28/h9,11-12,15-20,26-27,29,33H,4-8,10,13-14,21,31H2,1-3H3,(H2,32,34,35)/b18-17+/t26-,27?,29-/m1/s1. The lowest BCUT2D eigenvalue weighted by atomic mass is 9.99. The lowest BCUT2D eigenvalue weighted by Gasteiger charge is -2.33. The second-order valence-corrected chi connectivity index (χ2v) is 12.1. The van der Waals surface area contributed by atoms with Crippen LogP contribution in [0, 0.1) is 0 Å². The number of ether oxygens (including phenoxy) is 3. The number of primary sulfonamides is 1. The maximum absolute atomic E-state index is 11.2. The van der Waals surface area contributed by atoms with Crippen molar-refractivity contribution >= 4 is 16.1 Å². The third-order valence-corrected chi connectivity index (χ3v) is 7.25. The second kappa shape index (κ2) is 14.4. The zero-order valence-corrected chi connectivity index (χ0v) is 24.2. The third kappa shape index (κ3) is 10.7. The highest BCUT2D eigenvalue weighted by atomic mass is 32.2. The molecule has 0 spiro atoms. The second-order valence-electron chi connectivity index (χ2n) is 10.7. The van der Waals surface area contributed by atoms with Crippen molar-refractivity contribution in [1.82, 2.24) is 0 Å². The van der Waals surface area contributed by atoms with Crippen molar-refractivity contribution in [2.24, 2.45) is 10.9 Å². The fourth-order valence-electron chi connectivity index (χ4n) is 4.66. The van der Waals surface area contributed by atoms with Crippen LogP contribution in [0.4, 0.5) is 0 Å². The number of unbranched alkanes of at least 4 members (excludes halogenated alkanes) is 3. The predicted molar refractivity (Wildman–Crippen MR) is 154 cm³/mol. The molecule has 0 aliphatic carbocycles. The van der Waals surface area contributed by atoms with Gasteiger partial charge in [0, 0.05) is 24.8 Å². The van der Waals surface area contributed by atoms with Gasteiger partial charge in [-0.1, -0.05) is 56.9 Å². The summed E-state index contributed by atoms with van der Waals surface area (Å²) in [6, 6.07) is 13.4. The number of rotatable bonds is 15. The van der Waals surface area contributed by atoms with Crippen LogP contribution in [0.5, 0.6) is 5.75 Å². The molecule has 1 unspecified atom stereocenters. The number of sulfonamides is 1. The SMILES string of the molecule is CCCC(O[C@@H](N)CCCCCC[C@@H](O)c1ccc2c(c1)COC(C)(C)O2)c1cccc(/C=C/S(N)(=O)=O)c1. The molecular formula is C30H44N2O6S. The molecule has 8 nitrogen and oxygen atoms in total. The molecule has 0 fully saturated rings. The van der Waals surface area contributed by atoms with Crippen molar-refractivity contribution in [3.05, 3.63) is 70.1 Å². The molecule has 9 heteroatoms. The van der Waals surface area contributed by atoms with E-state index in [-0.39, 0.29) is 12.3 Å². The highest BCUT2D eigenvalue weighted by molar-refractivity contribution is 7.92. The zero-order chi connectivity index (χ0) is 28.5. The Balaban J connectivity index is 1.39. The van der Waals surface area contributed by atoms with Crippen LogP contribution in [0.25, 0.3) is 6.08 Å². The van der Waals surface area contributed by atoms with Gasteiger partial charge < -0.3 is 25.1 Å². The van der Waals surface area contributed by atoms with E-state index >= 15 is 0 Å². The molecule has 2 aromatic rings.